The molecule has 1 saturated carbocycles. The van der Waals surface area contributed by atoms with Gasteiger partial charge in [0.2, 0.25) is 0 Å². The molecule has 5 nitrogen and oxygen atoms in total. The van der Waals surface area contributed by atoms with Crippen LogP contribution in [0.15, 0.2) is 24.3 Å². The van der Waals surface area contributed by atoms with E-state index in [0.717, 1.165) is 29.5 Å². The first-order valence-electron chi connectivity index (χ1n) is 6.84. The van der Waals surface area contributed by atoms with E-state index in [2.05, 4.69) is 22.4 Å². The summed E-state index contributed by atoms with van der Waals surface area (Å²) >= 11 is 0. The van der Waals surface area contributed by atoms with Gasteiger partial charge in [0.1, 0.15) is 0 Å². The minimum Gasteiger partial charge on any atom is -0.399 e. The number of nitrogens with two attached hydrogens (primary N) is 1. The molecule has 3 rings (SSSR count). The molecule has 1 aromatic carbocycles. The number of tetrazole rings is 1. The molecule has 100 valence electrons. The van der Waals surface area contributed by atoms with E-state index in [1.165, 1.54) is 19.3 Å². The van der Waals surface area contributed by atoms with Crippen LogP contribution in [0.1, 0.15) is 26.2 Å². The highest BCUT2D eigenvalue weighted by molar-refractivity contribution is 5.60. The summed E-state index contributed by atoms with van der Waals surface area (Å²) in [5, 5.41) is 12.1. The lowest BCUT2D eigenvalue weighted by atomic mass is 10.1. The molecule has 5 heteroatoms. The molecular weight excluding hydrogens is 238 g/mol. The summed E-state index contributed by atoms with van der Waals surface area (Å²) in [5.74, 6) is 2.34. The molecule has 0 bridgehead atoms. The van der Waals surface area contributed by atoms with Crippen LogP contribution in [0.5, 0.6) is 0 Å². The number of hydrogen-bond donors (Lipinski definition) is 1. The lowest BCUT2D eigenvalue weighted by Gasteiger charge is -2.10. The summed E-state index contributed by atoms with van der Waals surface area (Å²) < 4.78 is 1.91. The second-order valence-corrected chi connectivity index (χ2v) is 5.59. The predicted molar refractivity (Wildman–Crippen MR) is 74.2 cm³/mol. The lowest BCUT2D eigenvalue weighted by Crippen LogP contribution is -2.11. The van der Waals surface area contributed by atoms with Crippen LogP contribution in [0.2, 0.25) is 0 Å². The number of anilines is 1. The Morgan fingerprint density at radius 2 is 2.26 bits per heavy atom. The first-order valence-corrected chi connectivity index (χ1v) is 6.84. The maximum Gasteiger partial charge on any atom is 0.182 e. The molecule has 1 heterocycles. The first kappa shape index (κ1) is 12.1. The van der Waals surface area contributed by atoms with Crippen LogP contribution < -0.4 is 5.73 Å². The van der Waals surface area contributed by atoms with Crippen LogP contribution in [-0.4, -0.2) is 20.2 Å². The summed E-state index contributed by atoms with van der Waals surface area (Å²) in [4.78, 5) is 0. The second-order valence-electron chi connectivity index (χ2n) is 5.59. The molecule has 0 radical (unpaired) electrons. The van der Waals surface area contributed by atoms with Gasteiger partial charge in [0.25, 0.3) is 0 Å². The fourth-order valence-corrected chi connectivity index (χ4v) is 2.95. The largest absolute Gasteiger partial charge is 0.399 e. The van der Waals surface area contributed by atoms with Gasteiger partial charge in [0.15, 0.2) is 5.82 Å². The number of nitrogen functional groups attached to an aromatic ring is 1. The standard InChI is InChI=1S/C14H19N5/c1-10-5-6-11(7-10)9-19-14(16-17-18-19)12-3-2-4-13(15)8-12/h2-4,8,10-11H,5-7,9,15H2,1H3. The molecule has 0 amide bonds. The zero-order valence-electron chi connectivity index (χ0n) is 11.2. The van der Waals surface area contributed by atoms with Gasteiger partial charge < -0.3 is 5.73 Å². The Labute approximate surface area is 112 Å². The minimum atomic E-state index is 0.693. The van der Waals surface area contributed by atoms with Crippen LogP contribution in [0.3, 0.4) is 0 Å². The molecule has 19 heavy (non-hydrogen) atoms. The number of hydrogen-bond acceptors (Lipinski definition) is 4. The average molecular weight is 257 g/mol. The van der Waals surface area contributed by atoms with E-state index in [0.29, 0.717) is 5.92 Å². The Hall–Kier alpha value is -1.91. The van der Waals surface area contributed by atoms with E-state index in [4.69, 9.17) is 5.73 Å². The van der Waals surface area contributed by atoms with Gasteiger partial charge in [-0.05, 0) is 47.2 Å². The average Bonchev–Trinajstić information content (AvgIpc) is 2.99. The summed E-state index contributed by atoms with van der Waals surface area (Å²) in [5.41, 5.74) is 7.54. The van der Waals surface area contributed by atoms with E-state index < -0.39 is 0 Å². The molecule has 0 saturated heterocycles. The third-order valence-electron chi connectivity index (χ3n) is 3.91. The third-order valence-corrected chi connectivity index (χ3v) is 3.91. The maximum atomic E-state index is 5.82. The number of aromatic nitrogens is 4. The molecule has 1 aliphatic rings. The quantitative estimate of drug-likeness (QED) is 0.857. The monoisotopic (exact) mass is 257 g/mol. The van der Waals surface area contributed by atoms with Gasteiger partial charge in [0.05, 0.1) is 0 Å². The zero-order chi connectivity index (χ0) is 13.2. The van der Waals surface area contributed by atoms with E-state index in [1.54, 1.807) is 0 Å². The van der Waals surface area contributed by atoms with Gasteiger partial charge in [-0.3, -0.25) is 0 Å². The Kier molecular flexibility index (Phi) is 3.19. The van der Waals surface area contributed by atoms with Gasteiger partial charge >= 0.3 is 0 Å². The highest BCUT2D eigenvalue weighted by atomic mass is 15.5. The molecule has 1 aromatic heterocycles. The Bertz CT molecular complexity index is 562. The smallest absolute Gasteiger partial charge is 0.182 e. The summed E-state index contributed by atoms with van der Waals surface area (Å²) in [7, 11) is 0. The highest BCUT2D eigenvalue weighted by Crippen LogP contribution is 2.32. The van der Waals surface area contributed by atoms with Crippen molar-refractivity contribution in [3.8, 4) is 11.4 Å². The zero-order valence-corrected chi connectivity index (χ0v) is 11.2. The topological polar surface area (TPSA) is 69.6 Å². The molecule has 2 aromatic rings. The van der Waals surface area contributed by atoms with Gasteiger partial charge in [-0.2, -0.15) is 0 Å². The predicted octanol–water partition coefficient (Wildman–Crippen LogP) is 2.36. The van der Waals surface area contributed by atoms with E-state index >= 15 is 0 Å². The molecule has 1 fully saturated rings. The molecule has 1 aliphatic carbocycles. The maximum absolute atomic E-state index is 5.82. The summed E-state index contributed by atoms with van der Waals surface area (Å²) in [6.07, 6.45) is 3.87. The Balaban J connectivity index is 1.82. The van der Waals surface area contributed by atoms with Crippen molar-refractivity contribution in [3.63, 3.8) is 0 Å². The minimum absolute atomic E-state index is 0.693. The SMILES string of the molecule is CC1CCC(Cn2nnnc2-c2cccc(N)c2)C1. The van der Waals surface area contributed by atoms with E-state index in [-0.39, 0.29) is 0 Å². The van der Waals surface area contributed by atoms with Crippen molar-refractivity contribution < 1.29 is 0 Å². The molecule has 2 atom stereocenters. The molecule has 2 N–H and O–H groups in total. The van der Waals surface area contributed by atoms with Crippen molar-refractivity contribution in [2.75, 3.05) is 5.73 Å². The van der Waals surface area contributed by atoms with Gasteiger partial charge in [0, 0.05) is 17.8 Å². The fourth-order valence-electron chi connectivity index (χ4n) is 2.95. The molecule has 2 unspecified atom stereocenters. The lowest BCUT2D eigenvalue weighted by molar-refractivity contribution is 0.412. The number of benzene rings is 1. The molecule has 0 aliphatic heterocycles. The van der Waals surface area contributed by atoms with E-state index in [9.17, 15) is 0 Å². The Morgan fingerprint density at radius 3 is 3.00 bits per heavy atom. The van der Waals surface area contributed by atoms with Gasteiger partial charge in [-0.1, -0.05) is 25.5 Å². The van der Waals surface area contributed by atoms with Crippen molar-refractivity contribution in [1.82, 2.24) is 20.2 Å². The van der Waals surface area contributed by atoms with Crippen molar-refractivity contribution in [2.45, 2.75) is 32.7 Å². The fraction of sp³-hybridized carbons (Fsp3) is 0.500. The van der Waals surface area contributed by atoms with Crippen LogP contribution in [0.25, 0.3) is 11.4 Å². The van der Waals surface area contributed by atoms with Crippen LogP contribution >= 0.6 is 0 Å². The van der Waals surface area contributed by atoms with Crippen molar-refractivity contribution in [1.29, 1.82) is 0 Å². The molecular formula is C14H19N5. The summed E-state index contributed by atoms with van der Waals surface area (Å²) in [6.45, 7) is 3.22. The summed E-state index contributed by atoms with van der Waals surface area (Å²) in [6, 6.07) is 7.72. The normalized spacial score (nSPS) is 22.8. The molecule has 0 spiro atoms. The second kappa shape index (κ2) is 4.99. The van der Waals surface area contributed by atoms with Crippen LogP contribution in [0, 0.1) is 11.8 Å². The highest BCUT2D eigenvalue weighted by Gasteiger charge is 2.23. The van der Waals surface area contributed by atoms with Crippen molar-refractivity contribution in [3.05, 3.63) is 24.3 Å². The van der Waals surface area contributed by atoms with Crippen LogP contribution in [0.4, 0.5) is 5.69 Å². The van der Waals surface area contributed by atoms with E-state index in [1.807, 2.05) is 28.9 Å². The van der Waals surface area contributed by atoms with Crippen molar-refractivity contribution in [2.24, 2.45) is 11.8 Å². The number of nitrogens with zero attached hydrogens (tertiary/aromatic N) is 4. The van der Waals surface area contributed by atoms with Gasteiger partial charge in [-0.25, -0.2) is 4.68 Å². The number of rotatable bonds is 3. The Morgan fingerprint density at radius 1 is 1.37 bits per heavy atom. The third kappa shape index (κ3) is 2.59. The first-order chi connectivity index (χ1) is 9.22. The van der Waals surface area contributed by atoms with Crippen molar-refractivity contribution >= 4 is 5.69 Å². The van der Waals surface area contributed by atoms with Crippen LogP contribution in [-0.2, 0) is 6.54 Å². The van der Waals surface area contributed by atoms with Gasteiger partial charge in [-0.15, -0.1) is 5.10 Å².